The van der Waals surface area contributed by atoms with E-state index in [1.54, 1.807) is 26.2 Å². The molecule has 35 heavy (non-hydrogen) atoms. The number of aliphatic hydroxyl groups is 2. The normalized spacial score (nSPS) is 49.0. The van der Waals surface area contributed by atoms with Crippen molar-refractivity contribution in [2.45, 2.75) is 82.9 Å². The second-order valence-corrected chi connectivity index (χ2v) is 12.1. The molecule has 3 aliphatic heterocycles. The Hall–Kier alpha value is -2.23. The van der Waals surface area contributed by atoms with Gasteiger partial charge in [-0.3, -0.25) is 9.59 Å². The Morgan fingerprint density at radius 1 is 1.11 bits per heavy atom. The van der Waals surface area contributed by atoms with Crippen LogP contribution in [0.5, 0.6) is 0 Å². The van der Waals surface area contributed by atoms with E-state index in [-0.39, 0.29) is 25.2 Å². The highest BCUT2D eigenvalue weighted by molar-refractivity contribution is 5.93. The molecule has 5 fully saturated rings. The summed E-state index contributed by atoms with van der Waals surface area (Å²) < 4.78 is 23.0. The van der Waals surface area contributed by atoms with E-state index in [2.05, 4.69) is 0 Å². The predicted octanol–water partition coefficient (Wildman–Crippen LogP) is 2.09. The van der Waals surface area contributed by atoms with Crippen LogP contribution in [-0.2, 0) is 28.6 Å². The molecular weight excluding hydrogens is 456 g/mol. The zero-order valence-corrected chi connectivity index (χ0v) is 20.4. The number of esters is 2. The highest BCUT2D eigenvalue weighted by Crippen LogP contribution is 2.78. The van der Waals surface area contributed by atoms with E-state index in [0.29, 0.717) is 18.4 Å². The summed E-state index contributed by atoms with van der Waals surface area (Å²) in [7, 11) is 0. The maximum Gasteiger partial charge on any atom is 0.339 e. The number of hydrogen-bond donors (Lipinski definition) is 2. The summed E-state index contributed by atoms with van der Waals surface area (Å²) in [5.41, 5.74) is -4.71. The number of carbonyl (C=O) groups is 3. The molecule has 0 aromatic carbocycles. The van der Waals surface area contributed by atoms with Gasteiger partial charge < -0.3 is 28.8 Å². The van der Waals surface area contributed by atoms with Gasteiger partial charge in [0.1, 0.15) is 24.1 Å². The first-order valence-corrected chi connectivity index (χ1v) is 12.3. The van der Waals surface area contributed by atoms with E-state index < -0.39 is 69.5 Å². The largest absolute Gasteiger partial charge is 0.472 e. The van der Waals surface area contributed by atoms with Crippen LogP contribution >= 0.6 is 0 Å². The molecule has 2 aliphatic carbocycles. The highest BCUT2D eigenvalue weighted by atomic mass is 16.7. The number of Topliss-reactive ketones (excluding diaryl/α,β-unsaturated/α-hetero) is 1. The van der Waals surface area contributed by atoms with Crippen molar-refractivity contribution in [3.05, 3.63) is 24.2 Å². The fourth-order valence-electron chi connectivity index (χ4n) is 8.78. The molecule has 3 saturated heterocycles. The lowest BCUT2D eigenvalue weighted by molar-refractivity contribution is -0.259. The highest BCUT2D eigenvalue weighted by Gasteiger charge is 2.89. The Morgan fingerprint density at radius 2 is 1.86 bits per heavy atom. The Bertz CT molecular complexity index is 1100. The lowest BCUT2D eigenvalue weighted by atomic mass is 9.36. The standard InChI is InChI=1S/C26H32O9/c1-22(2,31)15-9-16(27)24(4)14(25(15)12-33-18(29)10-17(25)28)5-7-23(3)19(13-6-8-32-11-13)34-21(30)20-26(23,24)35-20/h6,8,11,14-15,17,19-20,28,31H,5,7,9-10,12H2,1-4H3/t14-,15-,17+,19-,20+,23-,24+,25-,26+/m0/s1. The zero-order chi connectivity index (χ0) is 25.2. The molecule has 2 N–H and O–H groups in total. The molecule has 0 radical (unpaired) electrons. The molecule has 9 nitrogen and oxygen atoms in total. The van der Waals surface area contributed by atoms with E-state index in [4.69, 9.17) is 18.6 Å². The molecule has 2 spiro atoms. The smallest absolute Gasteiger partial charge is 0.339 e. The number of hydrogen-bond acceptors (Lipinski definition) is 9. The molecule has 1 aromatic rings. The quantitative estimate of drug-likeness (QED) is 0.474. The van der Waals surface area contributed by atoms with E-state index >= 15 is 0 Å². The van der Waals surface area contributed by atoms with Crippen LogP contribution < -0.4 is 0 Å². The molecule has 1 aromatic heterocycles. The third kappa shape index (κ3) is 2.52. The number of epoxide rings is 1. The van der Waals surface area contributed by atoms with Crippen LogP contribution in [0.25, 0.3) is 0 Å². The Morgan fingerprint density at radius 3 is 2.49 bits per heavy atom. The van der Waals surface area contributed by atoms with Crippen molar-refractivity contribution >= 4 is 17.7 Å². The predicted molar refractivity (Wildman–Crippen MR) is 118 cm³/mol. The molecule has 9 heteroatoms. The number of cyclic esters (lactones) is 2. The number of furan rings is 1. The van der Waals surface area contributed by atoms with Crippen molar-refractivity contribution in [3.8, 4) is 0 Å². The van der Waals surface area contributed by atoms with E-state index in [1.165, 1.54) is 6.26 Å². The minimum absolute atomic E-state index is 0.0234. The lowest BCUT2D eigenvalue weighted by Gasteiger charge is -2.67. The van der Waals surface area contributed by atoms with Crippen molar-refractivity contribution in [1.82, 2.24) is 0 Å². The van der Waals surface area contributed by atoms with E-state index in [9.17, 15) is 24.6 Å². The number of fused-ring (bicyclic) bond motifs is 2. The molecule has 190 valence electrons. The van der Waals surface area contributed by atoms with Crippen molar-refractivity contribution in [2.75, 3.05) is 6.61 Å². The van der Waals surface area contributed by atoms with E-state index in [1.807, 2.05) is 13.8 Å². The molecule has 4 heterocycles. The number of ether oxygens (including phenoxy) is 3. The third-order valence-corrected chi connectivity index (χ3v) is 10.3. The first-order valence-electron chi connectivity index (χ1n) is 12.3. The van der Waals surface area contributed by atoms with Gasteiger partial charge in [0.05, 0.1) is 36.1 Å². The topological polar surface area (TPSA) is 136 Å². The van der Waals surface area contributed by atoms with Crippen LogP contribution in [0, 0.1) is 28.1 Å². The monoisotopic (exact) mass is 488 g/mol. The number of ketones is 1. The molecule has 0 bridgehead atoms. The number of carbonyl (C=O) groups excluding carboxylic acids is 3. The van der Waals surface area contributed by atoms with Gasteiger partial charge in [-0.15, -0.1) is 0 Å². The Kier molecular flexibility index (Phi) is 4.47. The molecular formula is C26H32O9. The minimum Gasteiger partial charge on any atom is -0.472 e. The second-order valence-electron chi connectivity index (χ2n) is 12.1. The molecule has 6 rings (SSSR count). The Balaban J connectivity index is 1.54. The van der Waals surface area contributed by atoms with Gasteiger partial charge in [0.2, 0.25) is 0 Å². The average molecular weight is 489 g/mol. The summed E-state index contributed by atoms with van der Waals surface area (Å²) in [5.74, 6) is -2.25. The Labute approximate surface area is 203 Å². The SMILES string of the molecule is CC(C)(O)[C@@H]1CC(=O)[C@@]2(C)[C@H](CC[C@@]3(C)[C@H](c4ccoc4)OC(=O)[C@H]4O[C@]432)[C@@]12COC(=O)C[C@H]2O. The number of aliphatic hydroxyl groups excluding tert-OH is 1. The third-order valence-electron chi connectivity index (χ3n) is 10.3. The summed E-state index contributed by atoms with van der Waals surface area (Å²) in [4.78, 5) is 39.4. The fourth-order valence-corrected chi connectivity index (χ4v) is 8.78. The van der Waals surface area contributed by atoms with Gasteiger partial charge in [-0.1, -0.05) is 6.92 Å². The fraction of sp³-hybridized carbons (Fsp3) is 0.731. The van der Waals surface area contributed by atoms with Crippen LogP contribution in [0.4, 0.5) is 0 Å². The summed E-state index contributed by atoms with van der Waals surface area (Å²) in [5, 5.41) is 22.7. The van der Waals surface area contributed by atoms with Gasteiger partial charge in [-0.05, 0) is 45.6 Å². The lowest BCUT2D eigenvalue weighted by Crippen LogP contribution is -2.75. The minimum atomic E-state index is -1.31. The summed E-state index contributed by atoms with van der Waals surface area (Å²) in [6.07, 6.45) is 1.23. The summed E-state index contributed by atoms with van der Waals surface area (Å²) >= 11 is 0. The van der Waals surface area contributed by atoms with Crippen LogP contribution in [-0.4, -0.2) is 58.0 Å². The van der Waals surface area contributed by atoms with Gasteiger partial charge in [-0.2, -0.15) is 0 Å². The molecule has 0 amide bonds. The van der Waals surface area contributed by atoms with Crippen LogP contribution in [0.1, 0.15) is 65.0 Å². The van der Waals surface area contributed by atoms with Crippen LogP contribution in [0.2, 0.25) is 0 Å². The van der Waals surface area contributed by atoms with E-state index in [0.717, 1.165) is 0 Å². The van der Waals surface area contributed by atoms with Gasteiger partial charge >= 0.3 is 11.9 Å². The average Bonchev–Trinajstić information content (AvgIpc) is 3.34. The van der Waals surface area contributed by atoms with Crippen molar-refractivity contribution in [3.63, 3.8) is 0 Å². The first-order chi connectivity index (χ1) is 16.3. The first kappa shape index (κ1) is 23.2. The molecule has 2 saturated carbocycles. The molecule has 0 unspecified atom stereocenters. The van der Waals surface area contributed by atoms with Crippen LogP contribution in [0.15, 0.2) is 23.0 Å². The van der Waals surface area contributed by atoms with Gasteiger partial charge in [-0.25, -0.2) is 4.79 Å². The number of rotatable bonds is 2. The van der Waals surface area contributed by atoms with Gasteiger partial charge in [0.25, 0.3) is 0 Å². The maximum atomic E-state index is 14.2. The second kappa shape index (κ2) is 6.75. The van der Waals surface area contributed by atoms with Gasteiger partial charge in [0.15, 0.2) is 6.10 Å². The van der Waals surface area contributed by atoms with Crippen LogP contribution in [0.3, 0.4) is 0 Å². The van der Waals surface area contributed by atoms with Crippen molar-refractivity contribution < 1.29 is 43.2 Å². The molecule has 9 atom stereocenters. The van der Waals surface area contributed by atoms with Crippen molar-refractivity contribution in [2.24, 2.45) is 28.1 Å². The molecule has 5 aliphatic rings. The summed E-state index contributed by atoms with van der Waals surface area (Å²) in [6, 6.07) is 1.76. The maximum absolute atomic E-state index is 14.2. The summed E-state index contributed by atoms with van der Waals surface area (Å²) in [6.45, 7) is 7.01. The van der Waals surface area contributed by atoms with Gasteiger partial charge in [0, 0.05) is 28.7 Å². The van der Waals surface area contributed by atoms with Crippen molar-refractivity contribution in [1.29, 1.82) is 0 Å². The zero-order valence-electron chi connectivity index (χ0n) is 20.4.